The van der Waals surface area contributed by atoms with Crippen LogP contribution in [0.4, 0.5) is 0 Å². The van der Waals surface area contributed by atoms with Crippen LogP contribution in [-0.2, 0) is 22.6 Å². The van der Waals surface area contributed by atoms with Crippen molar-refractivity contribution in [3.05, 3.63) is 110 Å². The fourth-order valence-corrected chi connectivity index (χ4v) is 6.45. The van der Waals surface area contributed by atoms with Gasteiger partial charge in [0.15, 0.2) is 11.2 Å². The summed E-state index contributed by atoms with van der Waals surface area (Å²) in [6.45, 7) is 2.41. The maximum absolute atomic E-state index is 14.0. The largest absolute Gasteiger partial charge is 0.508 e. The molecule has 10 heteroatoms. The highest BCUT2D eigenvalue weighted by atomic mass is 35.5. The maximum Gasteiger partial charge on any atom is 0.287 e. The van der Waals surface area contributed by atoms with E-state index >= 15 is 0 Å². The molecule has 2 saturated heterocycles. The third-order valence-corrected chi connectivity index (χ3v) is 8.98. The molecule has 9 nitrogen and oxygen atoms in total. The van der Waals surface area contributed by atoms with Crippen LogP contribution in [0.3, 0.4) is 0 Å². The summed E-state index contributed by atoms with van der Waals surface area (Å²) in [6.07, 6.45) is 3.22. The first-order chi connectivity index (χ1) is 21.7. The van der Waals surface area contributed by atoms with E-state index in [4.69, 9.17) is 16.0 Å². The molecular weight excluding hydrogens is 594 g/mol. The Morgan fingerprint density at radius 1 is 0.978 bits per heavy atom. The molecule has 0 radical (unpaired) electrons. The van der Waals surface area contributed by atoms with E-state index in [-0.39, 0.29) is 46.6 Å². The SMILES string of the molecule is O=C(N[C@H](Cc1ccc(Cl)cc1)C(=O)N1CCC(c2ccccc2CN2CCCC2=O)CC1)c1cc(=O)c2ccc(O)cc2o1. The van der Waals surface area contributed by atoms with Crippen molar-refractivity contribution in [1.29, 1.82) is 0 Å². The van der Waals surface area contributed by atoms with E-state index in [0.717, 1.165) is 43.0 Å². The van der Waals surface area contributed by atoms with Crippen molar-refractivity contribution in [2.45, 2.75) is 50.6 Å². The van der Waals surface area contributed by atoms with Gasteiger partial charge in [0, 0.05) is 56.2 Å². The van der Waals surface area contributed by atoms with E-state index in [1.807, 2.05) is 29.2 Å². The third-order valence-electron chi connectivity index (χ3n) is 8.73. The Kier molecular flexibility index (Phi) is 8.89. The summed E-state index contributed by atoms with van der Waals surface area (Å²) < 4.78 is 5.67. The number of nitrogens with one attached hydrogen (secondary N) is 1. The lowest BCUT2D eigenvalue weighted by Gasteiger charge is -2.35. The van der Waals surface area contributed by atoms with Crippen LogP contribution in [0.1, 0.15) is 58.8 Å². The summed E-state index contributed by atoms with van der Waals surface area (Å²) >= 11 is 6.08. The van der Waals surface area contributed by atoms with Gasteiger partial charge in [-0.25, -0.2) is 0 Å². The van der Waals surface area contributed by atoms with Gasteiger partial charge in [0.1, 0.15) is 17.4 Å². The topological polar surface area (TPSA) is 120 Å². The minimum Gasteiger partial charge on any atom is -0.508 e. The standard InChI is InChI=1S/C35H34ClN3O6/c36-25-9-7-22(8-10-25)18-29(37-34(43)32-20-30(41)28-12-11-26(40)19-31(28)45-32)35(44)38-16-13-23(14-17-38)27-5-2-1-4-24(27)21-39-15-3-6-33(39)42/h1-2,4-5,7-12,19-20,23,29,40H,3,6,13-18,21H2,(H,37,43)/t29-/m1/s1. The summed E-state index contributed by atoms with van der Waals surface area (Å²) in [7, 11) is 0. The number of aromatic hydroxyl groups is 1. The molecule has 0 unspecified atom stereocenters. The average Bonchev–Trinajstić information content (AvgIpc) is 3.45. The molecule has 232 valence electrons. The summed E-state index contributed by atoms with van der Waals surface area (Å²) in [6, 6.07) is 19.6. The smallest absolute Gasteiger partial charge is 0.287 e. The molecule has 0 bridgehead atoms. The minimum atomic E-state index is -0.922. The number of piperidine rings is 1. The molecule has 2 aliphatic heterocycles. The Bertz CT molecular complexity index is 1800. The molecular formula is C35H34ClN3O6. The Hall–Kier alpha value is -4.63. The van der Waals surface area contributed by atoms with E-state index in [0.29, 0.717) is 31.1 Å². The summed E-state index contributed by atoms with van der Waals surface area (Å²) in [5, 5.41) is 13.4. The Labute approximate surface area is 265 Å². The number of phenolic OH excluding ortho intramolecular Hbond substituents is 1. The van der Waals surface area contributed by atoms with Crippen LogP contribution in [0.2, 0.25) is 5.02 Å². The Morgan fingerprint density at radius 2 is 1.73 bits per heavy atom. The summed E-state index contributed by atoms with van der Waals surface area (Å²) in [4.78, 5) is 56.0. The van der Waals surface area contributed by atoms with Crippen LogP contribution < -0.4 is 10.7 Å². The van der Waals surface area contributed by atoms with Crippen LogP contribution >= 0.6 is 11.6 Å². The van der Waals surface area contributed by atoms with Crippen molar-refractivity contribution in [2.24, 2.45) is 0 Å². The fourth-order valence-electron chi connectivity index (χ4n) is 6.33. The van der Waals surface area contributed by atoms with Crippen LogP contribution in [0.15, 0.2) is 82.0 Å². The molecule has 2 aliphatic rings. The normalized spacial score (nSPS) is 16.2. The molecule has 2 N–H and O–H groups in total. The number of amides is 3. The van der Waals surface area contributed by atoms with Crippen molar-refractivity contribution in [1.82, 2.24) is 15.1 Å². The van der Waals surface area contributed by atoms with Crippen LogP contribution in [0, 0.1) is 0 Å². The van der Waals surface area contributed by atoms with Gasteiger partial charge >= 0.3 is 0 Å². The quantitative estimate of drug-likeness (QED) is 0.283. The summed E-state index contributed by atoms with van der Waals surface area (Å²) in [5.41, 5.74) is 2.81. The van der Waals surface area contributed by atoms with Crippen LogP contribution in [0.25, 0.3) is 11.0 Å². The molecule has 1 atom stereocenters. The van der Waals surface area contributed by atoms with Crippen molar-refractivity contribution >= 4 is 40.3 Å². The number of rotatable bonds is 8. The zero-order chi connectivity index (χ0) is 31.5. The molecule has 4 aromatic rings. The molecule has 6 rings (SSSR count). The van der Waals surface area contributed by atoms with E-state index in [1.54, 1.807) is 17.0 Å². The number of hydrogen-bond donors (Lipinski definition) is 2. The zero-order valence-corrected chi connectivity index (χ0v) is 25.5. The molecule has 3 heterocycles. The number of nitrogens with zero attached hydrogens (tertiary/aromatic N) is 2. The monoisotopic (exact) mass is 627 g/mol. The number of halogens is 1. The minimum absolute atomic E-state index is 0.0738. The van der Waals surface area contributed by atoms with Crippen LogP contribution in [0.5, 0.6) is 5.75 Å². The van der Waals surface area contributed by atoms with E-state index in [1.165, 1.54) is 23.8 Å². The number of fused-ring (bicyclic) bond motifs is 1. The number of phenols is 1. The first-order valence-corrected chi connectivity index (χ1v) is 15.6. The van der Waals surface area contributed by atoms with Gasteiger partial charge in [0.2, 0.25) is 11.8 Å². The number of carbonyl (C=O) groups excluding carboxylic acids is 3. The number of benzene rings is 3. The van der Waals surface area contributed by atoms with Crippen molar-refractivity contribution in [3.8, 4) is 5.75 Å². The maximum atomic E-state index is 14.0. The fraction of sp³-hybridized carbons (Fsp3) is 0.314. The van der Waals surface area contributed by atoms with Crippen molar-refractivity contribution in [2.75, 3.05) is 19.6 Å². The highest BCUT2D eigenvalue weighted by Crippen LogP contribution is 2.32. The molecule has 1 aromatic heterocycles. The van der Waals surface area contributed by atoms with Gasteiger partial charge in [0.05, 0.1) is 5.39 Å². The lowest BCUT2D eigenvalue weighted by Crippen LogP contribution is -2.51. The first kappa shape index (κ1) is 30.4. The van der Waals surface area contributed by atoms with Gasteiger partial charge in [-0.05, 0) is 66.1 Å². The lowest BCUT2D eigenvalue weighted by atomic mass is 9.86. The molecule has 0 spiro atoms. The van der Waals surface area contributed by atoms with Crippen molar-refractivity contribution < 1.29 is 23.9 Å². The Balaban J connectivity index is 1.18. The van der Waals surface area contributed by atoms with Gasteiger partial charge in [-0.2, -0.15) is 0 Å². The molecule has 0 aliphatic carbocycles. The van der Waals surface area contributed by atoms with Gasteiger partial charge in [-0.15, -0.1) is 0 Å². The molecule has 0 saturated carbocycles. The highest BCUT2D eigenvalue weighted by molar-refractivity contribution is 6.30. The number of carbonyl (C=O) groups is 3. The lowest BCUT2D eigenvalue weighted by molar-refractivity contribution is -0.134. The van der Waals surface area contributed by atoms with Gasteiger partial charge in [0.25, 0.3) is 5.91 Å². The predicted octanol–water partition coefficient (Wildman–Crippen LogP) is 5.02. The van der Waals surface area contributed by atoms with Crippen molar-refractivity contribution in [3.63, 3.8) is 0 Å². The first-order valence-electron chi connectivity index (χ1n) is 15.2. The second kappa shape index (κ2) is 13.2. The van der Waals surface area contributed by atoms with Crippen LogP contribution in [-0.4, -0.2) is 58.3 Å². The second-order valence-corrected chi connectivity index (χ2v) is 12.2. The highest BCUT2D eigenvalue weighted by Gasteiger charge is 2.32. The number of likely N-dealkylation sites (tertiary alicyclic amines) is 2. The van der Waals surface area contributed by atoms with E-state index in [9.17, 15) is 24.3 Å². The zero-order valence-electron chi connectivity index (χ0n) is 24.7. The van der Waals surface area contributed by atoms with Gasteiger partial charge in [-0.3, -0.25) is 19.2 Å². The molecule has 2 fully saturated rings. The third kappa shape index (κ3) is 6.88. The molecule has 3 aromatic carbocycles. The summed E-state index contributed by atoms with van der Waals surface area (Å²) in [5.74, 6) is -0.845. The van der Waals surface area contributed by atoms with E-state index in [2.05, 4.69) is 17.4 Å². The molecule has 45 heavy (non-hydrogen) atoms. The average molecular weight is 628 g/mol. The second-order valence-electron chi connectivity index (χ2n) is 11.7. The van der Waals surface area contributed by atoms with E-state index < -0.39 is 17.4 Å². The Morgan fingerprint density at radius 3 is 2.47 bits per heavy atom. The number of hydrogen-bond acceptors (Lipinski definition) is 6. The molecule has 3 amide bonds. The van der Waals surface area contributed by atoms with Gasteiger partial charge in [-0.1, -0.05) is 48.0 Å². The van der Waals surface area contributed by atoms with Gasteiger partial charge < -0.3 is 24.6 Å². The predicted molar refractivity (Wildman–Crippen MR) is 170 cm³/mol.